The number of hydrogen-bond donors (Lipinski definition) is 2. The average Bonchev–Trinajstić information content (AvgIpc) is 3.73. The maximum Gasteiger partial charge on any atom is 0.301 e. The second-order valence-electron chi connectivity index (χ2n) is 11.0. The minimum Gasteiger partial charge on any atom is -0.480 e. The number of piperazine rings is 1. The molecule has 40 heavy (non-hydrogen) atoms. The van der Waals surface area contributed by atoms with Crippen LogP contribution in [0.2, 0.25) is 5.02 Å². The minimum absolute atomic E-state index is 0.109. The molecule has 2 N–H and O–H groups in total. The largest absolute Gasteiger partial charge is 0.480 e. The van der Waals surface area contributed by atoms with Gasteiger partial charge in [0.25, 0.3) is 5.56 Å². The molecule has 2 saturated heterocycles. The van der Waals surface area contributed by atoms with Crippen molar-refractivity contribution in [1.82, 2.24) is 19.4 Å². The zero-order valence-corrected chi connectivity index (χ0v) is 22.5. The van der Waals surface area contributed by atoms with E-state index in [1.807, 2.05) is 4.90 Å². The number of halogens is 3. The number of nitrogens with one attached hydrogen (secondary N) is 2. The van der Waals surface area contributed by atoms with Crippen LogP contribution in [0.4, 0.5) is 31.9 Å². The van der Waals surface area contributed by atoms with Crippen molar-refractivity contribution in [2.75, 3.05) is 41.8 Å². The number of rotatable bonds is 4. The third-order valence-corrected chi connectivity index (χ3v) is 8.66. The van der Waals surface area contributed by atoms with Gasteiger partial charge in [-0.3, -0.25) is 9.59 Å². The van der Waals surface area contributed by atoms with Crippen LogP contribution in [0.25, 0.3) is 10.9 Å². The summed E-state index contributed by atoms with van der Waals surface area (Å²) in [4.78, 5) is 38.2. The van der Waals surface area contributed by atoms with Gasteiger partial charge in [0.2, 0.25) is 17.6 Å². The lowest BCUT2D eigenvalue weighted by molar-refractivity contribution is -0.129. The summed E-state index contributed by atoms with van der Waals surface area (Å²) in [7, 11) is 1.59. The monoisotopic (exact) mass is 571 g/mol. The highest BCUT2D eigenvalue weighted by atomic mass is 35.5. The van der Waals surface area contributed by atoms with Crippen LogP contribution in [0, 0.1) is 5.92 Å². The van der Waals surface area contributed by atoms with Gasteiger partial charge >= 0.3 is 5.92 Å². The highest BCUT2D eigenvalue weighted by Crippen LogP contribution is 2.45. The highest BCUT2D eigenvalue weighted by Gasteiger charge is 2.51. The number of carbonyl (C=O) groups excluding carboxylic acids is 1. The van der Waals surface area contributed by atoms with Gasteiger partial charge in [-0.2, -0.15) is 4.98 Å². The number of nitrogens with zero attached hydrogens (tertiary/aromatic N) is 5. The lowest BCUT2D eigenvalue weighted by atomic mass is 10.0. The Balaban J connectivity index is 1.22. The first kappa shape index (κ1) is 25.3. The molecule has 1 saturated carbocycles. The number of fused-ring (bicyclic) bond motifs is 4. The number of hydrogen-bond acceptors (Lipinski definition) is 8. The molecule has 0 bridgehead atoms. The van der Waals surface area contributed by atoms with Gasteiger partial charge in [-0.25, -0.2) is 13.8 Å². The van der Waals surface area contributed by atoms with Crippen LogP contribution in [0.15, 0.2) is 29.2 Å². The predicted octanol–water partition coefficient (Wildman–Crippen LogP) is 3.75. The number of aryl methyl sites for hydroxylation is 1. The Hall–Kier alpha value is -3.67. The van der Waals surface area contributed by atoms with Crippen molar-refractivity contribution in [3.05, 3.63) is 39.8 Å². The predicted molar refractivity (Wildman–Crippen MR) is 147 cm³/mol. The molecule has 3 aliphatic heterocycles. The van der Waals surface area contributed by atoms with Gasteiger partial charge in [-0.15, -0.1) is 0 Å². The van der Waals surface area contributed by atoms with E-state index in [2.05, 4.69) is 25.5 Å². The maximum absolute atomic E-state index is 14.9. The van der Waals surface area contributed by atoms with Crippen LogP contribution in [0.5, 0.6) is 5.75 Å². The Labute approximate surface area is 233 Å². The molecule has 1 amide bonds. The summed E-state index contributed by atoms with van der Waals surface area (Å²) in [5.74, 6) is -2.31. The number of amides is 1. The average molecular weight is 572 g/mol. The molecule has 3 fully saturated rings. The number of anilines is 4. The molecule has 210 valence electrons. The summed E-state index contributed by atoms with van der Waals surface area (Å²) >= 11 is 6.47. The number of aromatic nitrogens is 3. The smallest absolute Gasteiger partial charge is 0.301 e. The van der Waals surface area contributed by atoms with E-state index in [9.17, 15) is 18.4 Å². The lowest BCUT2D eigenvalue weighted by Gasteiger charge is -2.37. The molecule has 1 unspecified atom stereocenters. The Morgan fingerprint density at radius 1 is 1.20 bits per heavy atom. The molecule has 5 heterocycles. The molecule has 3 aromatic rings. The van der Waals surface area contributed by atoms with Crippen LogP contribution >= 0.6 is 11.6 Å². The van der Waals surface area contributed by atoms with Crippen LogP contribution in [-0.2, 0) is 11.8 Å². The molecule has 13 heteroatoms. The van der Waals surface area contributed by atoms with Crippen LogP contribution in [-0.4, -0.2) is 69.6 Å². The third-order valence-electron chi connectivity index (χ3n) is 8.38. The van der Waals surface area contributed by atoms with Gasteiger partial charge in [0.15, 0.2) is 12.4 Å². The Morgan fingerprint density at radius 3 is 2.83 bits per heavy atom. The lowest BCUT2D eigenvalue weighted by Crippen LogP contribution is -2.52. The summed E-state index contributed by atoms with van der Waals surface area (Å²) in [5, 5.41) is 7.11. The summed E-state index contributed by atoms with van der Waals surface area (Å²) in [6.45, 7) is 1.05. The van der Waals surface area contributed by atoms with Crippen molar-refractivity contribution in [2.45, 2.75) is 43.7 Å². The fourth-order valence-electron chi connectivity index (χ4n) is 6.07. The number of ether oxygens (including phenoxy) is 1. The van der Waals surface area contributed by atoms with Gasteiger partial charge in [0.05, 0.1) is 23.4 Å². The van der Waals surface area contributed by atoms with Crippen molar-refractivity contribution < 1.29 is 18.3 Å². The Bertz CT molecular complexity index is 1590. The highest BCUT2D eigenvalue weighted by molar-refractivity contribution is 6.33. The van der Waals surface area contributed by atoms with E-state index < -0.39 is 24.1 Å². The van der Waals surface area contributed by atoms with Crippen LogP contribution in [0.1, 0.15) is 25.7 Å². The van der Waals surface area contributed by atoms with Crippen molar-refractivity contribution >= 4 is 51.6 Å². The zero-order valence-electron chi connectivity index (χ0n) is 21.8. The Morgan fingerprint density at radius 2 is 2.02 bits per heavy atom. The van der Waals surface area contributed by atoms with E-state index in [0.29, 0.717) is 72.3 Å². The molecule has 2 atom stereocenters. The molecular formula is C27H28ClF2N7O3. The van der Waals surface area contributed by atoms with Crippen molar-refractivity contribution in [2.24, 2.45) is 13.0 Å². The molecular weight excluding hydrogens is 544 g/mol. The molecule has 4 aliphatic rings. The molecule has 7 rings (SSSR count). The SMILES string of the molecule is Cn1c(=O)c2c(c3cc(Nc4nc(N5CCN6C(=O)CCC6C5)ncc4Cl)ccc31)N[C@@H](C1CC1)C(F)(F)CO2. The van der Waals surface area contributed by atoms with E-state index in [0.717, 1.165) is 6.42 Å². The first-order valence-corrected chi connectivity index (χ1v) is 13.9. The number of benzene rings is 1. The van der Waals surface area contributed by atoms with E-state index in [1.54, 1.807) is 25.2 Å². The summed E-state index contributed by atoms with van der Waals surface area (Å²) in [6, 6.07) is 4.34. The molecule has 10 nitrogen and oxygen atoms in total. The topological polar surface area (TPSA) is 105 Å². The number of carbonyl (C=O) groups is 1. The standard InChI is InChI=1S/C27H28ClF2N7O3/c1-35-19-6-4-15(10-17(19)21-22(25(35)39)40-13-27(29,30)23(33-21)14-2-3-14)32-24-18(28)11-31-26(34-24)36-8-9-37-16(12-36)5-7-20(37)38/h4,6,10-11,14,16,23,33H,2-3,5,7-9,12-13H2,1H3,(H,31,32,34)/t16?,23-/m0/s1. The summed E-state index contributed by atoms with van der Waals surface area (Å²) in [5.41, 5.74) is 0.972. The molecule has 0 radical (unpaired) electrons. The van der Waals surface area contributed by atoms with Gasteiger partial charge in [0, 0.05) is 50.2 Å². The molecule has 0 spiro atoms. The van der Waals surface area contributed by atoms with Gasteiger partial charge < -0.3 is 29.7 Å². The van der Waals surface area contributed by atoms with E-state index in [4.69, 9.17) is 16.3 Å². The van der Waals surface area contributed by atoms with Crippen LogP contribution < -0.4 is 25.8 Å². The van der Waals surface area contributed by atoms with E-state index >= 15 is 0 Å². The quantitative estimate of drug-likeness (QED) is 0.488. The van der Waals surface area contributed by atoms with Crippen molar-refractivity contribution in [1.29, 1.82) is 0 Å². The summed E-state index contributed by atoms with van der Waals surface area (Å²) in [6.07, 6.45) is 4.34. The van der Waals surface area contributed by atoms with Crippen molar-refractivity contribution in [3.63, 3.8) is 0 Å². The Kier molecular flexibility index (Phi) is 5.81. The second-order valence-corrected chi connectivity index (χ2v) is 11.4. The molecule has 1 aliphatic carbocycles. The van der Waals surface area contributed by atoms with Gasteiger partial charge in [0.1, 0.15) is 5.02 Å². The molecule has 2 aromatic heterocycles. The normalized spacial score (nSPS) is 23.8. The first-order chi connectivity index (χ1) is 19.2. The number of pyridine rings is 1. The minimum atomic E-state index is -3.12. The summed E-state index contributed by atoms with van der Waals surface area (Å²) < 4.78 is 36.8. The first-order valence-electron chi connectivity index (χ1n) is 13.5. The van der Waals surface area contributed by atoms with Gasteiger partial charge in [-0.1, -0.05) is 11.6 Å². The second kappa shape index (κ2) is 9.18. The maximum atomic E-state index is 14.9. The van der Waals surface area contributed by atoms with Gasteiger partial charge in [-0.05, 0) is 43.4 Å². The van der Waals surface area contributed by atoms with E-state index in [1.165, 1.54) is 10.8 Å². The third kappa shape index (κ3) is 4.20. The van der Waals surface area contributed by atoms with Crippen molar-refractivity contribution in [3.8, 4) is 5.75 Å². The van der Waals surface area contributed by atoms with E-state index in [-0.39, 0.29) is 29.3 Å². The number of alkyl halides is 2. The fourth-order valence-corrected chi connectivity index (χ4v) is 6.21. The zero-order chi connectivity index (χ0) is 27.8. The fraction of sp³-hybridized carbons (Fsp3) is 0.481. The molecule has 1 aromatic carbocycles. The van der Waals surface area contributed by atoms with Crippen LogP contribution in [0.3, 0.4) is 0 Å².